The first-order valence-corrected chi connectivity index (χ1v) is 6.99. The molecule has 2 heterocycles. The van der Waals surface area contributed by atoms with E-state index in [0.29, 0.717) is 6.54 Å². The van der Waals surface area contributed by atoms with E-state index in [1.54, 1.807) is 17.0 Å². The fourth-order valence-electron chi connectivity index (χ4n) is 3.14. The second kappa shape index (κ2) is 4.90. The average molecular weight is 274 g/mol. The van der Waals surface area contributed by atoms with Gasteiger partial charge < -0.3 is 15.3 Å². The molecule has 1 saturated heterocycles. The van der Waals surface area contributed by atoms with Crippen LogP contribution in [-0.2, 0) is 11.2 Å². The molecule has 5 nitrogen and oxygen atoms in total. The number of rotatable bonds is 2. The van der Waals surface area contributed by atoms with Crippen LogP contribution in [-0.4, -0.2) is 36.1 Å². The van der Waals surface area contributed by atoms with Crippen molar-refractivity contribution in [1.82, 2.24) is 5.32 Å². The standard InChI is InChI=1S/C15H18N2O3/c1-9-12(4-6-16-9)14(18)17-7-5-10-2-3-11(15(19)20)8-13(10)17/h2-3,8-9,12,16H,4-7H2,1H3,(H,19,20). The minimum atomic E-state index is -0.956. The molecular formula is C15H18N2O3. The predicted molar refractivity (Wildman–Crippen MR) is 75.0 cm³/mol. The summed E-state index contributed by atoms with van der Waals surface area (Å²) >= 11 is 0. The minimum Gasteiger partial charge on any atom is -0.478 e. The van der Waals surface area contributed by atoms with Crippen molar-refractivity contribution in [2.75, 3.05) is 18.0 Å². The fraction of sp³-hybridized carbons (Fsp3) is 0.467. The van der Waals surface area contributed by atoms with Crippen LogP contribution in [0.4, 0.5) is 5.69 Å². The number of carboxylic acids is 1. The largest absolute Gasteiger partial charge is 0.478 e. The Morgan fingerprint density at radius 3 is 2.85 bits per heavy atom. The lowest BCUT2D eigenvalue weighted by molar-refractivity contribution is -0.122. The smallest absolute Gasteiger partial charge is 0.335 e. The van der Waals surface area contributed by atoms with Crippen LogP contribution in [0, 0.1) is 5.92 Å². The Morgan fingerprint density at radius 1 is 1.40 bits per heavy atom. The highest BCUT2D eigenvalue weighted by Crippen LogP contribution is 2.32. The van der Waals surface area contributed by atoms with Gasteiger partial charge in [0.05, 0.1) is 11.5 Å². The lowest BCUT2D eigenvalue weighted by atomic mass is 10.00. The molecule has 106 valence electrons. The van der Waals surface area contributed by atoms with Crippen molar-refractivity contribution < 1.29 is 14.7 Å². The molecule has 3 rings (SSSR count). The Bertz CT molecular complexity index is 570. The van der Waals surface area contributed by atoms with Gasteiger partial charge in [-0.05, 0) is 44.0 Å². The number of carboxylic acid groups (broad SMARTS) is 1. The van der Waals surface area contributed by atoms with Crippen LogP contribution in [0.2, 0.25) is 0 Å². The summed E-state index contributed by atoms with van der Waals surface area (Å²) < 4.78 is 0. The van der Waals surface area contributed by atoms with Crippen LogP contribution in [0.15, 0.2) is 18.2 Å². The summed E-state index contributed by atoms with van der Waals surface area (Å²) in [4.78, 5) is 25.5. The zero-order chi connectivity index (χ0) is 14.3. The van der Waals surface area contributed by atoms with Crippen molar-refractivity contribution in [2.24, 2.45) is 5.92 Å². The van der Waals surface area contributed by atoms with E-state index >= 15 is 0 Å². The second-order valence-electron chi connectivity index (χ2n) is 5.53. The van der Waals surface area contributed by atoms with Crippen LogP contribution in [0.25, 0.3) is 0 Å². The molecule has 20 heavy (non-hydrogen) atoms. The van der Waals surface area contributed by atoms with Gasteiger partial charge >= 0.3 is 5.97 Å². The third-order valence-electron chi connectivity index (χ3n) is 4.34. The van der Waals surface area contributed by atoms with Gasteiger partial charge in [-0.2, -0.15) is 0 Å². The van der Waals surface area contributed by atoms with E-state index in [0.717, 1.165) is 30.6 Å². The van der Waals surface area contributed by atoms with E-state index in [1.165, 1.54) is 0 Å². The number of nitrogens with one attached hydrogen (secondary N) is 1. The van der Waals surface area contributed by atoms with Crippen LogP contribution in [0.1, 0.15) is 29.3 Å². The van der Waals surface area contributed by atoms with Crippen molar-refractivity contribution >= 4 is 17.6 Å². The molecule has 0 spiro atoms. The Morgan fingerprint density at radius 2 is 2.20 bits per heavy atom. The normalized spacial score (nSPS) is 24.8. The molecule has 2 aliphatic heterocycles. The molecule has 2 atom stereocenters. The first kappa shape index (κ1) is 13.1. The number of nitrogens with zero attached hydrogens (tertiary/aromatic N) is 1. The number of amides is 1. The molecule has 0 aliphatic carbocycles. The van der Waals surface area contributed by atoms with E-state index in [1.807, 2.05) is 13.0 Å². The van der Waals surface area contributed by atoms with Gasteiger partial charge in [-0.3, -0.25) is 4.79 Å². The van der Waals surface area contributed by atoms with Crippen molar-refractivity contribution in [3.05, 3.63) is 29.3 Å². The molecule has 1 aromatic carbocycles. The van der Waals surface area contributed by atoms with Gasteiger partial charge in [0.15, 0.2) is 0 Å². The molecule has 1 fully saturated rings. The molecule has 0 radical (unpaired) electrons. The number of hydrogen-bond donors (Lipinski definition) is 2. The second-order valence-corrected chi connectivity index (χ2v) is 5.53. The number of carbonyl (C=O) groups is 2. The summed E-state index contributed by atoms with van der Waals surface area (Å²) in [5.74, 6) is -0.846. The van der Waals surface area contributed by atoms with E-state index in [2.05, 4.69) is 5.32 Å². The SMILES string of the molecule is CC1NCCC1C(=O)N1CCc2ccc(C(=O)O)cc21. The Kier molecular flexibility index (Phi) is 3.22. The van der Waals surface area contributed by atoms with Crippen LogP contribution in [0.3, 0.4) is 0 Å². The highest BCUT2D eigenvalue weighted by atomic mass is 16.4. The third kappa shape index (κ3) is 2.08. The van der Waals surface area contributed by atoms with Crippen LogP contribution in [0.5, 0.6) is 0 Å². The molecule has 5 heteroatoms. The van der Waals surface area contributed by atoms with E-state index in [-0.39, 0.29) is 23.4 Å². The highest BCUT2D eigenvalue weighted by Gasteiger charge is 2.35. The fourth-order valence-corrected chi connectivity index (χ4v) is 3.14. The summed E-state index contributed by atoms with van der Waals surface area (Å²) in [6.45, 7) is 3.55. The van der Waals surface area contributed by atoms with Gasteiger partial charge in [-0.1, -0.05) is 6.07 Å². The lowest BCUT2D eigenvalue weighted by Crippen LogP contribution is -2.39. The predicted octanol–water partition coefficient (Wildman–Crippen LogP) is 1.27. The molecule has 0 bridgehead atoms. The Balaban J connectivity index is 1.90. The van der Waals surface area contributed by atoms with Crippen molar-refractivity contribution in [1.29, 1.82) is 0 Å². The van der Waals surface area contributed by atoms with E-state index < -0.39 is 5.97 Å². The quantitative estimate of drug-likeness (QED) is 0.852. The number of fused-ring (bicyclic) bond motifs is 1. The van der Waals surface area contributed by atoms with Crippen molar-refractivity contribution in [2.45, 2.75) is 25.8 Å². The zero-order valence-electron chi connectivity index (χ0n) is 11.4. The molecule has 2 aliphatic rings. The summed E-state index contributed by atoms with van der Waals surface area (Å²) in [6.07, 6.45) is 1.65. The summed E-state index contributed by atoms with van der Waals surface area (Å²) in [5, 5.41) is 12.4. The molecular weight excluding hydrogens is 256 g/mol. The number of aromatic carboxylic acids is 1. The molecule has 0 aromatic heterocycles. The van der Waals surface area contributed by atoms with Crippen LogP contribution >= 0.6 is 0 Å². The maximum Gasteiger partial charge on any atom is 0.335 e. The summed E-state index contributed by atoms with van der Waals surface area (Å²) in [7, 11) is 0. The van der Waals surface area contributed by atoms with Crippen molar-refractivity contribution in [3.8, 4) is 0 Å². The van der Waals surface area contributed by atoms with Gasteiger partial charge in [0.1, 0.15) is 0 Å². The van der Waals surface area contributed by atoms with E-state index in [9.17, 15) is 9.59 Å². The monoisotopic (exact) mass is 274 g/mol. The Hall–Kier alpha value is -1.88. The topological polar surface area (TPSA) is 69.6 Å². The maximum absolute atomic E-state index is 12.6. The molecule has 0 saturated carbocycles. The first-order valence-electron chi connectivity index (χ1n) is 6.99. The van der Waals surface area contributed by atoms with Gasteiger partial charge in [0, 0.05) is 18.3 Å². The van der Waals surface area contributed by atoms with Crippen LogP contribution < -0.4 is 10.2 Å². The molecule has 1 amide bonds. The minimum absolute atomic E-state index is 0.00515. The maximum atomic E-state index is 12.6. The first-order chi connectivity index (χ1) is 9.58. The number of benzene rings is 1. The lowest BCUT2D eigenvalue weighted by Gasteiger charge is -2.23. The Labute approximate surface area is 117 Å². The summed E-state index contributed by atoms with van der Waals surface area (Å²) in [6, 6.07) is 5.24. The molecule has 2 N–H and O–H groups in total. The van der Waals surface area contributed by atoms with Gasteiger partial charge in [0.2, 0.25) is 5.91 Å². The average Bonchev–Trinajstić information content (AvgIpc) is 3.03. The zero-order valence-corrected chi connectivity index (χ0v) is 11.4. The number of carbonyl (C=O) groups excluding carboxylic acids is 1. The van der Waals surface area contributed by atoms with Gasteiger partial charge in [-0.25, -0.2) is 4.79 Å². The number of hydrogen-bond acceptors (Lipinski definition) is 3. The number of anilines is 1. The van der Waals surface area contributed by atoms with E-state index in [4.69, 9.17) is 5.11 Å². The van der Waals surface area contributed by atoms with Gasteiger partial charge in [-0.15, -0.1) is 0 Å². The molecule has 1 aromatic rings. The van der Waals surface area contributed by atoms with Gasteiger partial charge in [0.25, 0.3) is 0 Å². The summed E-state index contributed by atoms with van der Waals surface area (Å²) in [5.41, 5.74) is 2.07. The molecule has 2 unspecified atom stereocenters. The third-order valence-corrected chi connectivity index (χ3v) is 4.34. The van der Waals surface area contributed by atoms with Crippen molar-refractivity contribution in [3.63, 3.8) is 0 Å². The highest BCUT2D eigenvalue weighted by molar-refractivity contribution is 5.99.